The number of benzene rings is 1. The standard InChI is InChI=1S/C20H34O/c1-3-5-7-9-11-19-14-13-18(15-16-21)17-20(19)12-10-8-6-4-2/h13-14,17,21H,3-12,15-16H2,1-2H3. The van der Waals surface area contributed by atoms with Gasteiger partial charge in [-0.05, 0) is 48.8 Å². The van der Waals surface area contributed by atoms with Crippen LogP contribution in [0.25, 0.3) is 0 Å². The molecule has 1 heteroatoms. The summed E-state index contributed by atoms with van der Waals surface area (Å²) in [6, 6.07) is 6.87. The van der Waals surface area contributed by atoms with Crippen LogP contribution >= 0.6 is 0 Å². The Balaban J connectivity index is 2.60. The molecule has 0 saturated carbocycles. The van der Waals surface area contributed by atoms with Crippen LogP contribution in [0.4, 0.5) is 0 Å². The van der Waals surface area contributed by atoms with E-state index < -0.39 is 0 Å². The van der Waals surface area contributed by atoms with Crippen LogP contribution < -0.4 is 0 Å². The van der Waals surface area contributed by atoms with Crippen molar-refractivity contribution < 1.29 is 5.11 Å². The molecule has 0 bridgehead atoms. The molecule has 0 radical (unpaired) electrons. The quantitative estimate of drug-likeness (QED) is 0.506. The van der Waals surface area contributed by atoms with Crippen molar-refractivity contribution in [3.05, 3.63) is 34.9 Å². The van der Waals surface area contributed by atoms with Crippen molar-refractivity contribution in [1.82, 2.24) is 0 Å². The minimum atomic E-state index is 0.255. The highest BCUT2D eigenvalue weighted by Crippen LogP contribution is 2.19. The van der Waals surface area contributed by atoms with Gasteiger partial charge in [0, 0.05) is 6.61 Å². The first-order chi connectivity index (χ1) is 10.3. The molecule has 1 N–H and O–H groups in total. The van der Waals surface area contributed by atoms with E-state index >= 15 is 0 Å². The zero-order valence-corrected chi connectivity index (χ0v) is 14.2. The molecule has 1 aromatic carbocycles. The molecule has 0 unspecified atom stereocenters. The second kappa shape index (κ2) is 11.8. The van der Waals surface area contributed by atoms with Gasteiger partial charge in [-0.2, -0.15) is 0 Å². The Morgan fingerprint density at radius 2 is 1.33 bits per heavy atom. The first kappa shape index (κ1) is 18.2. The first-order valence-electron chi connectivity index (χ1n) is 9.03. The summed E-state index contributed by atoms with van der Waals surface area (Å²) in [5, 5.41) is 9.13. The summed E-state index contributed by atoms with van der Waals surface area (Å²) < 4.78 is 0. The van der Waals surface area contributed by atoms with Gasteiger partial charge in [-0.1, -0.05) is 70.6 Å². The summed E-state index contributed by atoms with van der Waals surface area (Å²) in [5.74, 6) is 0. The van der Waals surface area contributed by atoms with Crippen molar-refractivity contribution >= 4 is 0 Å². The number of aliphatic hydroxyl groups is 1. The SMILES string of the molecule is CCCCCCc1ccc(CCO)cc1CCCCCC. The van der Waals surface area contributed by atoms with Crippen LogP contribution in [-0.4, -0.2) is 11.7 Å². The lowest BCUT2D eigenvalue weighted by Crippen LogP contribution is -1.99. The van der Waals surface area contributed by atoms with Gasteiger partial charge >= 0.3 is 0 Å². The zero-order chi connectivity index (χ0) is 15.3. The molecule has 1 nitrogen and oxygen atoms in total. The van der Waals surface area contributed by atoms with E-state index in [2.05, 4.69) is 32.0 Å². The molecular formula is C20H34O. The van der Waals surface area contributed by atoms with Crippen LogP contribution in [0.5, 0.6) is 0 Å². The van der Waals surface area contributed by atoms with Gasteiger partial charge in [-0.3, -0.25) is 0 Å². The number of hydrogen-bond acceptors (Lipinski definition) is 1. The maximum atomic E-state index is 9.13. The lowest BCUT2D eigenvalue weighted by Gasteiger charge is -2.12. The Morgan fingerprint density at radius 3 is 1.90 bits per heavy atom. The van der Waals surface area contributed by atoms with Gasteiger partial charge in [0.15, 0.2) is 0 Å². The highest BCUT2D eigenvalue weighted by molar-refractivity contribution is 5.32. The molecule has 0 heterocycles. The fourth-order valence-electron chi connectivity index (χ4n) is 2.92. The third-order valence-corrected chi connectivity index (χ3v) is 4.27. The fraction of sp³-hybridized carbons (Fsp3) is 0.700. The van der Waals surface area contributed by atoms with Crippen LogP contribution in [0.3, 0.4) is 0 Å². The van der Waals surface area contributed by atoms with E-state index in [1.165, 1.54) is 75.3 Å². The van der Waals surface area contributed by atoms with Crippen molar-refractivity contribution in [1.29, 1.82) is 0 Å². The van der Waals surface area contributed by atoms with Crippen molar-refractivity contribution in [2.24, 2.45) is 0 Å². The molecule has 0 aliphatic carbocycles. The molecule has 0 aromatic heterocycles. The molecular weight excluding hydrogens is 256 g/mol. The topological polar surface area (TPSA) is 20.2 Å². The largest absolute Gasteiger partial charge is 0.396 e. The van der Waals surface area contributed by atoms with E-state index in [-0.39, 0.29) is 6.61 Å². The van der Waals surface area contributed by atoms with E-state index in [4.69, 9.17) is 5.11 Å². The monoisotopic (exact) mass is 290 g/mol. The maximum Gasteiger partial charge on any atom is 0.0471 e. The zero-order valence-electron chi connectivity index (χ0n) is 14.2. The van der Waals surface area contributed by atoms with Crippen LogP contribution in [-0.2, 0) is 19.3 Å². The molecule has 120 valence electrons. The summed E-state index contributed by atoms with van der Waals surface area (Å²) in [4.78, 5) is 0. The van der Waals surface area contributed by atoms with Gasteiger partial charge in [0.2, 0.25) is 0 Å². The predicted molar refractivity (Wildman–Crippen MR) is 92.9 cm³/mol. The van der Waals surface area contributed by atoms with Crippen LogP contribution in [0.2, 0.25) is 0 Å². The van der Waals surface area contributed by atoms with Crippen molar-refractivity contribution in [2.75, 3.05) is 6.61 Å². The van der Waals surface area contributed by atoms with Gasteiger partial charge < -0.3 is 5.11 Å². The Hall–Kier alpha value is -0.820. The van der Waals surface area contributed by atoms with Crippen LogP contribution in [0.1, 0.15) is 81.9 Å². The van der Waals surface area contributed by atoms with Gasteiger partial charge in [-0.25, -0.2) is 0 Å². The van der Waals surface area contributed by atoms with Crippen LogP contribution in [0, 0.1) is 0 Å². The van der Waals surface area contributed by atoms with Gasteiger partial charge in [0.05, 0.1) is 0 Å². The average molecular weight is 290 g/mol. The van der Waals surface area contributed by atoms with E-state index in [0.717, 1.165) is 6.42 Å². The molecule has 0 aliphatic rings. The summed E-state index contributed by atoms with van der Waals surface area (Å²) in [6.07, 6.45) is 13.8. The molecule has 0 atom stereocenters. The molecule has 0 amide bonds. The number of unbranched alkanes of at least 4 members (excludes halogenated alkanes) is 6. The Labute approximate surface area is 131 Å². The van der Waals surface area contributed by atoms with E-state index in [0.29, 0.717) is 0 Å². The number of aliphatic hydroxyl groups excluding tert-OH is 1. The lowest BCUT2D eigenvalue weighted by molar-refractivity contribution is 0.299. The van der Waals surface area contributed by atoms with Gasteiger partial charge in [-0.15, -0.1) is 0 Å². The summed E-state index contributed by atoms with van der Waals surface area (Å²) in [5.41, 5.74) is 4.37. The number of rotatable bonds is 12. The normalized spacial score (nSPS) is 11.0. The molecule has 0 aliphatic heterocycles. The number of aryl methyl sites for hydroxylation is 2. The molecule has 21 heavy (non-hydrogen) atoms. The third kappa shape index (κ3) is 7.66. The highest BCUT2D eigenvalue weighted by Gasteiger charge is 2.05. The second-order valence-electron chi connectivity index (χ2n) is 6.20. The molecule has 1 aromatic rings. The summed E-state index contributed by atoms with van der Waals surface area (Å²) in [7, 11) is 0. The Kier molecular flexibility index (Phi) is 10.2. The van der Waals surface area contributed by atoms with Gasteiger partial charge in [0.25, 0.3) is 0 Å². The minimum absolute atomic E-state index is 0.255. The number of hydrogen-bond donors (Lipinski definition) is 1. The highest BCUT2D eigenvalue weighted by atomic mass is 16.2. The fourth-order valence-corrected chi connectivity index (χ4v) is 2.92. The summed E-state index contributed by atoms with van der Waals surface area (Å²) >= 11 is 0. The first-order valence-corrected chi connectivity index (χ1v) is 9.03. The molecule has 0 fully saturated rings. The van der Waals surface area contributed by atoms with Crippen LogP contribution in [0.15, 0.2) is 18.2 Å². The summed E-state index contributed by atoms with van der Waals surface area (Å²) in [6.45, 7) is 4.79. The maximum absolute atomic E-state index is 9.13. The second-order valence-corrected chi connectivity index (χ2v) is 6.20. The Morgan fingerprint density at radius 1 is 0.714 bits per heavy atom. The molecule has 0 spiro atoms. The smallest absolute Gasteiger partial charge is 0.0471 e. The van der Waals surface area contributed by atoms with Crippen molar-refractivity contribution in [3.63, 3.8) is 0 Å². The third-order valence-electron chi connectivity index (χ3n) is 4.27. The van der Waals surface area contributed by atoms with Crippen molar-refractivity contribution in [2.45, 2.75) is 84.5 Å². The van der Waals surface area contributed by atoms with Gasteiger partial charge in [0.1, 0.15) is 0 Å². The Bertz CT molecular complexity index is 370. The molecule has 0 saturated heterocycles. The molecule has 1 rings (SSSR count). The lowest BCUT2D eigenvalue weighted by atomic mass is 9.94. The predicted octanol–water partition coefficient (Wildman–Crippen LogP) is 5.47. The van der Waals surface area contributed by atoms with E-state index in [1.54, 1.807) is 5.56 Å². The van der Waals surface area contributed by atoms with Crippen molar-refractivity contribution in [3.8, 4) is 0 Å². The minimum Gasteiger partial charge on any atom is -0.396 e. The van der Waals surface area contributed by atoms with E-state index in [1.807, 2.05) is 0 Å². The van der Waals surface area contributed by atoms with E-state index in [9.17, 15) is 0 Å². The average Bonchev–Trinajstić information content (AvgIpc) is 2.50.